The molecule has 4 rings (SSSR count). The van der Waals surface area contributed by atoms with Crippen molar-refractivity contribution in [3.8, 4) is 0 Å². The van der Waals surface area contributed by atoms with Crippen molar-refractivity contribution in [3.05, 3.63) is 65.5 Å². The molecule has 4 nitrogen and oxygen atoms in total. The van der Waals surface area contributed by atoms with Gasteiger partial charge in [-0.05, 0) is 61.6 Å². The van der Waals surface area contributed by atoms with Gasteiger partial charge in [0.05, 0.1) is 0 Å². The van der Waals surface area contributed by atoms with Gasteiger partial charge in [0, 0.05) is 36.8 Å². The largest absolute Gasteiger partial charge is 0.339 e. The van der Waals surface area contributed by atoms with Crippen molar-refractivity contribution in [1.29, 1.82) is 0 Å². The molecule has 1 saturated heterocycles. The minimum Gasteiger partial charge on any atom is -0.339 e. The predicted molar refractivity (Wildman–Crippen MR) is 102 cm³/mol. The van der Waals surface area contributed by atoms with Crippen LogP contribution in [0.4, 0.5) is 10.1 Å². The van der Waals surface area contributed by atoms with Crippen molar-refractivity contribution < 1.29 is 14.0 Å². The van der Waals surface area contributed by atoms with Crippen LogP contribution in [0.1, 0.15) is 35.2 Å². The van der Waals surface area contributed by atoms with Crippen LogP contribution in [0.2, 0.25) is 0 Å². The molecule has 0 aromatic heterocycles. The van der Waals surface area contributed by atoms with Gasteiger partial charge in [-0.3, -0.25) is 9.59 Å². The van der Waals surface area contributed by atoms with Gasteiger partial charge < -0.3 is 9.80 Å². The van der Waals surface area contributed by atoms with Gasteiger partial charge in [-0.1, -0.05) is 18.2 Å². The zero-order chi connectivity index (χ0) is 18.8. The maximum absolute atomic E-state index is 13.1. The topological polar surface area (TPSA) is 40.6 Å². The first-order valence-electron chi connectivity index (χ1n) is 9.57. The van der Waals surface area contributed by atoms with Crippen molar-refractivity contribution in [1.82, 2.24) is 4.90 Å². The highest BCUT2D eigenvalue weighted by atomic mass is 19.1. The highest BCUT2D eigenvalue weighted by Gasteiger charge is 2.32. The number of amides is 2. The Morgan fingerprint density at radius 3 is 2.37 bits per heavy atom. The number of para-hydroxylation sites is 1. The minimum atomic E-state index is -0.349. The van der Waals surface area contributed by atoms with Crippen LogP contribution in [-0.4, -0.2) is 36.3 Å². The summed E-state index contributed by atoms with van der Waals surface area (Å²) in [6.45, 7) is 1.88. The standard InChI is InChI=1S/C22H23FN2O2/c23-19-9-7-17(8-10-19)21(26)24-14-11-18(12-15-24)22(27)25-13-3-5-16-4-1-2-6-20(16)25/h1-2,4,6-10,18H,3,5,11-15H2. The van der Waals surface area contributed by atoms with E-state index in [4.69, 9.17) is 0 Å². The van der Waals surface area contributed by atoms with Gasteiger partial charge in [-0.25, -0.2) is 4.39 Å². The van der Waals surface area contributed by atoms with Gasteiger partial charge in [0.15, 0.2) is 0 Å². The van der Waals surface area contributed by atoms with E-state index in [0.29, 0.717) is 31.5 Å². The van der Waals surface area contributed by atoms with Crippen LogP contribution < -0.4 is 4.90 Å². The number of benzene rings is 2. The van der Waals surface area contributed by atoms with Crippen LogP contribution in [0, 0.1) is 11.7 Å². The molecule has 140 valence electrons. The number of nitrogens with zero attached hydrogens (tertiary/aromatic N) is 2. The summed E-state index contributed by atoms with van der Waals surface area (Å²) in [5, 5.41) is 0. The van der Waals surface area contributed by atoms with Crippen LogP contribution >= 0.6 is 0 Å². The van der Waals surface area contributed by atoms with Crippen LogP contribution in [-0.2, 0) is 11.2 Å². The SMILES string of the molecule is O=C(c1ccc(F)cc1)N1CCC(C(=O)N2CCCc3ccccc32)CC1. The number of anilines is 1. The molecule has 5 heteroatoms. The molecular weight excluding hydrogens is 343 g/mol. The number of carbonyl (C=O) groups is 2. The number of rotatable bonds is 2. The molecule has 0 atom stereocenters. The molecule has 0 unspecified atom stereocenters. The Hall–Kier alpha value is -2.69. The summed E-state index contributed by atoms with van der Waals surface area (Å²) in [4.78, 5) is 29.3. The number of hydrogen-bond donors (Lipinski definition) is 0. The first-order valence-corrected chi connectivity index (χ1v) is 9.57. The fourth-order valence-corrected chi connectivity index (χ4v) is 4.09. The lowest BCUT2D eigenvalue weighted by atomic mass is 9.92. The summed E-state index contributed by atoms with van der Waals surface area (Å²) in [6, 6.07) is 13.8. The van der Waals surface area contributed by atoms with Gasteiger partial charge >= 0.3 is 0 Å². The molecule has 2 aliphatic rings. The zero-order valence-electron chi connectivity index (χ0n) is 15.2. The lowest BCUT2D eigenvalue weighted by Gasteiger charge is -2.36. The molecule has 2 amide bonds. The second-order valence-corrected chi connectivity index (χ2v) is 7.30. The molecule has 2 aromatic carbocycles. The summed E-state index contributed by atoms with van der Waals surface area (Å²) < 4.78 is 13.0. The second kappa shape index (κ2) is 7.51. The molecule has 1 fully saturated rings. The first kappa shape index (κ1) is 17.7. The smallest absolute Gasteiger partial charge is 0.253 e. The summed E-state index contributed by atoms with van der Waals surface area (Å²) in [5.41, 5.74) is 2.77. The Labute approximate surface area is 158 Å². The van der Waals surface area contributed by atoms with Crippen molar-refractivity contribution in [3.63, 3.8) is 0 Å². The third-order valence-corrected chi connectivity index (χ3v) is 5.60. The molecule has 2 heterocycles. The Kier molecular flexibility index (Phi) is 4.92. The van der Waals surface area contributed by atoms with Crippen LogP contribution in [0.25, 0.3) is 0 Å². The third kappa shape index (κ3) is 3.59. The second-order valence-electron chi connectivity index (χ2n) is 7.30. The number of aryl methyl sites for hydroxylation is 1. The van der Waals surface area contributed by atoms with Crippen molar-refractivity contribution in [2.75, 3.05) is 24.5 Å². The van der Waals surface area contributed by atoms with E-state index in [9.17, 15) is 14.0 Å². The van der Waals surface area contributed by atoms with Crippen LogP contribution in [0.3, 0.4) is 0 Å². The Morgan fingerprint density at radius 1 is 0.926 bits per heavy atom. The molecule has 2 aromatic rings. The molecule has 0 aliphatic carbocycles. The van der Waals surface area contributed by atoms with Crippen LogP contribution in [0.15, 0.2) is 48.5 Å². The fraction of sp³-hybridized carbons (Fsp3) is 0.364. The monoisotopic (exact) mass is 366 g/mol. The van der Waals surface area contributed by atoms with Crippen molar-refractivity contribution in [2.45, 2.75) is 25.7 Å². The normalized spacial score (nSPS) is 17.5. The zero-order valence-corrected chi connectivity index (χ0v) is 15.2. The third-order valence-electron chi connectivity index (χ3n) is 5.60. The average molecular weight is 366 g/mol. The van der Waals surface area contributed by atoms with E-state index in [1.165, 1.54) is 29.8 Å². The Bertz CT molecular complexity index is 842. The molecule has 0 radical (unpaired) electrons. The number of halogens is 1. The highest BCUT2D eigenvalue weighted by molar-refractivity contribution is 5.97. The lowest BCUT2D eigenvalue weighted by molar-refractivity contribution is -0.123. The van der Waals surface area contributed by atoms with Gasteiger partial charge in [0.1, 0.15) is 5.82 Å². The Morgan fingerprint density at radius 2 is 1.63 bits per heavy atom. The lowest BCUT2D eigenvalue weighted by Crippen LogP contribution is -2.45. The number of fused-ring (bicyclic) bond motifs is 1. The van der Waals surface area contributed by atoms with E-state index < -0.39 is 0 Å². The first-order chi connectivity index (χ1) is 13.1. The van der Waals surface area contributed by atoms with Gasteiger partial charge in [-0.2, -0.15) is 0 Å². The molecule has 27 heavy (non-hydrogen) atoms. The van der Waals surface area contributed by atoms with E-state index in [0.717, 1.165) is 25.1 Å². The van der Waals surface area contributed by atoms with E-state index in [2.05, 4.69) is 6.07 Å². The van der Waals surface area contributed by atoms with E-state index in [-0.39, 0.29) is 23.5 Å². The minimum absolute atomic E-state index is 0.0478. The summed E-state index contributed by atoms with van der Waals surface area (Å²) in [6.07, 6.45) is 3.35. The number of carbonyl (C=O) groups excluding carboxylic acids is 2. The van der Waals surface area contributed by atoms with Crippen molar-refractivity contribution in [2.24, 2.45) is 5.92 Å². The maximum Gasteiger partial charge on any atom is 0.253 e. The highest BCUT2D eigenvalue weighted by Crippen LogP contribution is 2.30. The molecule has 0 bridgehead atoms. The van der Waals surface area contributed by atoms with Gasteiger partial charge in [0.2, 0.25) is 5.91 Å². The van der Waals surface area contributed by atoms with Gasteiger partial charge in [0.25, 0.3) is 5.91 Å². The fourth-order valence-electron chi connectivity index (χ4n) is 4.09. The van der Waals surface area contributed by atoms with E-state index in [1.807, 2.05) is 23.1 Å². The van der Waals surface area contributed by atoms with Crippen molar-refractivity contribution >= 4 is 17.5 Å². The molecule has 0 saturated carbocycles. The average Bonchev–Trinajstić information content (AvgIpc) is 2.73. The molecule has 2 aliphatic heterocycles. The molecule has 0 spiro atoms. The van der Waals surface area contributed by atoms with E-state index >= 15 is 0 Å². The Balaban J connectivity index is 1.40. The summed E-state index contributed by atoms with van der Waals surface area (Å²) >= 11 is 0. The van der Waals surface area contributed by atoms with E-state index in [1.54, 1.807) is 4.90 Å². The number of piperidine rings is 1. The number of likely N-dealkylation sites (tertiary alicyclic amines) is 1. The molecular formula is C22H23FN2O2. The summed E-state index contributed by atoms with van der Waals surface area (Å²) in [5.74, 6) is -0.314. The molecule has 0 N–H and O–H groups in total. The predicted octanol–water partition coefficient (Wildman–Crippen LogP) is 3.66. The summed E-state index contributed by atoms with van der Waals surface area (Å²) in [7, 11) is 0. The quantitative estimate of drug-likeness (QED) is 0.814. The van der Waals surface area contributed by atoms with Crippen LogP contribution in [0.5, 0.6) is 0 Å². The van der Waals surface area contributed by atoms with Gasteiger partial charge in [-0.15, -0.1) is 0 Å². The number of hydrogen-bond acceptors (Lipinski definition) is 2. The maximum atomic E-state index is 13.1.